The van der Waals surface area contributed by atoms with Crippen LogP contribution in [0.5, 0.6) is 0 Å². The van der Waals surface area contributed by atoms with E-state index in [1.54, 1.807) is 0 Å². The van der Waals surface area contributed by atoms with E-state index in [-0.39, 0.29) is 0 Å². The molecule has 2 saturated carbocycles. The molecule has 2 rings (SSSR count). The first-order valence-corrected chi connectivity index (χ1v) is 6.89. The predicted molar refractivity (Wildman–Crippen MR) is 70.1 cm³/mol. The summed E-state index contributed by atoms with van der Waals surface area (Å²) in [5, 5.41) is 0. The molecular weight excluding hydrogens is 194 g/mol. The van der Waals surface area contributed by atoms with Crippen LogP contribution < -0.4 is 5.73 Å². The van der Waals surface area contributed by atoms with Gasteiger partial charge in [-0.1, -0.05) is 32.9 Å². The number of hydrogen-bond acceptors (Lipinski definition) is 1. The summed E-state index contributed by atoms with van der Waals surface area (Å²) < 4.78 is 0. The fourth-order valence-corrected chi connectivity index (χ4v) is 4.20. The molecule has 2 aliphatic carbocycles. The van der Waals surface area contributed by atoms with Crippen LogP contribution in [0.4, 0.5) is 0 Å². The summed E-state index contributed by atoms with van der Waals surface area (Å²) in [4.78, 5) is 0. The van der Waals surface area contributed by atoms with Gasteiger partial charge in [0.1, 0.15) is 0 Å². The quantitative estimate of drug-likeness (QED) is 0.706. The highest BCUT2D eigenvalue weighted by Crippen LogP contribution is 2.57. The van der Waals surface area contributed by atoms with Crippen molar-refractivity contribution < 1.29 is 0 Å². The first-order chi connectivity index (χ1) is 7.46. The predicted octanol–water partition coefficient (Wildman–Crippen LogP) is 3.74. The fourth-order valence-electron chi connectivity index (χ4n) is 4.20. The Hall–Kier alpha value is -0.300. The van der Waals surface area contributed by atoms with Gasteiger partial charge in [-0.05, 0) is 55.3 Å². The second-order valence-corrected chi connectivity index (χ2v) is 6.67. The fraction of sp³-hybridized carbons (Fsp3) is 0.867. The average Bonchev–Trinajstić information content (AvgIpc) is 2.55. The van der Waals surface area contributed by atoms with Crippen molar-refractivity contribution in [2.24, 2.45) is 28.9 Å². The van der Waals surface area contributed by atoms with Gasteiger partial charge in [-0.15, -0.1) is 0 Å². The van der Waals surface area contributed by atoms with Gasteiger partial charge >= 0.3 is 0 Å². The van der Waals surface area contributed by atoms with Gasteiger partial charge in [0.05, 0.1) is 0 Å². The summed E-state index contributed by atoms with van der Waals surface area (Å²) in [6.07, 6.45) is 6.65. The molecule has 0 amide bonds. The van der Waals surface area contributed by atoms with Crippen molar-refractivity contribution in [3.8, 4) is 0 Å². The molecule has 4 atom stereocenters. The third-order valence-electron chi connectivity index (χ3n) is 5.18. The number of allylic oxidation sites excluding steroid dienone is 1. The van der Waals surface area contributed by atoms with Crippen LogP contribution in [-0.4, -0.2) is 6.04 Å². The Bertz CT molecular complexity index is 281. The summed E-state index contributed by atoms with van der Waals surface area (Å²) in [5.41, 5.74) is 8.42. The average molecular weight is 221 g/mol. The minimum atomic E-state index is 0.363. The number of nitrogens with two attached hydrogens (primary N) is 1. The maximum absolute atomic E-state index is 6.41. The molecule has 16 heavy (non-hydrogen) atoms. The van der Waals surface area contributed by atoms with Crippen LogP contribution in [0.25, 0.3) is 0 Å². The normalized spacial score (nSPS) is 41.2. The number of hydrogen-bond donors (Lipinski definition) is 1. The smallest absolute Gasteiger partial charge is 0.00962 e. The summed E-state index contributed by atoms with van der Waals surface area (Å²) in [5.74, 6) is 2.00. The van der Waals surface area contributed by atoms with E-state index in [2.05, 4.69) is 27.4 Å². The van der Waals surface area contributed by atoms with Crippen molar-refractivity contribution in [2.75, 3.05) is 0 Å². The lowest BCUT2D eigenvalue weighted by Gasteiger charge is -2.42. The van der Waals surface area contributed by atoms with Crippen LogP contribution in [-0.2, 0) is 0 Å². The van der Waals surface area contributed by atoms with Crippen molar-refractivity contribution in [1.29, 1.82) is 0 Å². The van der Waals surface area contributed by atoms with E-state index >= 15 is 0 Å². The molecule has 0 bridgehead atoms. The van der Waals surface area contributed by atoms with E-state index in [4.69, 9.17) is 5.73 Å². The van der Waals surface area contributed by atoms with Crippen molar-refractivity contribution in [1.82, 2.24) is 0 Å². The molecule has 1 heteroatoms. The molecule has 1 nitrogen and oxygen atoms in total. The van der Waals surface area contributed by atoms with Crippen molar-refractivity contribution in [3.63, 3.8) is 0 Å². The highest BCUT2D eigenvalue weighted by atomic mass is 14.7. The summed E-state index contributed by atoms with van der Waals surface area (Å²) in [6.45, 7) is 11.3. The zero-order chi connectivity index (χ0) is 11.9. The Kier molecular flexibility index (Phi) is 3.18. The highest BCUT2D eigenvalue weighted by molar-refractivity contribution is 5.16. The molecule has 0 aromatic carbocycles. The Morgan fingerprint density at radius 1 is 1.38 bits per heavy atom. The molecule has 92 valence electrons. The Labute approximate surface area is 100 Å². The van der Waals surface area contributed by atoms with Gasteiger partial charge in [0.15, 0.2) is 0 Å². The van der Waals surface area contributed by atoms with Gasteiger partial charge < -0.3 is 5.73 Å². The van der Waals surface area contributed by atoms with Crippen molar-refractivity contribution >= 4 is 0 Å². The van der Waals surface area contributed by atoms with Gasteiger partial charge in [-0.25, -0.2) is 0 Å². The molecule has 0 radical (unpaired) electrons. The molecule has 0 spiro atoms. The van der Waals surface area contributed by atoms with E-state index in [0.29, 0.717) is 29.2 Å². The zero-order valence-corrected chi connectivity index (χ0v) is 11.1. The first-order valence-electron chi connectivity index (χ1n) is 6.89. The molecule has 2 N–H and O–H groups in total. The van der Waals surface area contributed by atoms with Gasteiger partial charge in [0, 0.05) is 6.04 Å². The topological polar surface area (TPSA) is 26.0 Å². The Morgan fingerprint density at radius 2 is 2.06 bits per heavy atom. The van der Waals surface area contributed by atoms with Gasteiger partial charge in [0.2, 0.25) is 0 Å². The lowest BCUT2D eigenvalue weighted by molar-refractivity contribution is 0.156. The second kappa shape index (κ2) is 4.18. The molecule has 0 aromatic rings. The van der Waals surface area contributed by atoms with Crippen molar-refractivity contribution in [2.45, 2.75) is 58.9 Å². The number of rotatable bonds is 2. The molecule has 0 heterocycles. The maximum Gasteiger partial charge on any atom is 0.00962 e. The molecular formula is C15H27N. The third kappa shape index (κ3) is 1.84. The molecule has 0 aromatic heterocycles. The van der Waals surface area contributed by atoms with Gasteiger partial charge in [0.25, 0.3) is 0 Å². The standard InChI is InChI=1S/C15H27N/c1-10(2)14(16)12-7-9-15(4)8-5-6-11(3)13(12)15/h10,12-14H,3,5-9,16H2,1-2,4H3/t12-,13+,14-,15-/m0/s1. The van der Waals surface area contributed by atoms with Crippen LogP contribution in [0.3, 0.4) is 0 Å². The Balaban J connectivity index is 2.21. The molecule has 2 fully saturated rings. The largest absolute Gasteiger partial charge is 0.327 e. The summed E-state index contributed by atoms with van der Waals surface area (Å²) in [6, 6.07) is 0.363. The summed E-state index contributed by atoms with van der Waals surface area (Å²) in [7, 11) is 0. The van der Waals surface area contributed by atoms with E-state index in [9.17, 15) is 0 Å². The van der Waals surface area contributed by atoms with Crippen molar-refractivity contribution in [3.05, 3.63) is 12.2 Å². The van der Waals surface area contributed by atoms with Gasteiger partial charge in [-0.2, -0.15) is 0 Å². The minimum Gasteiger partial charge on any atom is -0.327 e. The van der Waals surface area contributed by atoms with E-state index in [1.165, 1.54) is 37.7 Å². The maximum atomic E-state index is 6.41. The first kappa shape index (κ1) is 12.2. The van der Waals surface area contributed by atoms with Crippen LogP contribution >= 0.6 is 0 Å². The molecule has 0 aliphatic heterocycles. The molecule has 0 unspecified atom stereocenters. The van der Waals surface area contributed by atoms with Gasteiger partial charge in [-0.3, -0.25) is 0 Å². The lowest BCUT2D eigenvalue weighted by atomic mass is 9.64. The Morgan fingerprint density at radius 3 is 2.69 bits per heavy atom. The second-order valence-electron chi connectivity index (χ2n) is 6.67. The van der Waals surface area contributed by atoms with E-state index < -0.39 is 0 Å². The van der Waals surface area contributed by atoms with Crippen LogP contribution in [0.15, 0.2) is 12.2 Å². The number of fused-ring (bicyclic) bond motifs is 1. The monoisotopic (exact) mass is 221 g/mol. The van der Waals surface area contributed by atoms with Crippen LogP contribution in [0, 0.1) is 23.2 Å². The lowest BCUT2D eigenvalue weighted by Crippen LogP contribution is -2.41. The zero-order valence-electron chi connectivity index (χ0n) is 11.1. The summed E-state index contributed by atoms with van der Waals surface area (Å²) >= 11 is 0. The molecule has 0 saturated heterocycles. The van der Waals surface area contributed by atoms with E-state index in [0.717, 1.165) is 0 Å². The van der Waals surface area contributed by atoms with Crippen LogP contribution in [0.1, 0.15) is 52.9 Å². The molecule has 2 aliphatic rings. The SMILES string of the molecule is C=C1CCC[C@@]2(C)CC[C@H]([C@@H](N)C(C)C)[C@@H]12. The van der Waals surface area contributed by atoms with E-state index in [1.807, 2.05) is 0 Å². The highest BCUT2D eigenvalue weighted by Gasteiger charge is 2.49. The van der Waals surface area contributed by atoms with Crippen LogP contribution in [0.2, 0.25) is 0 Å². The third-order valence-corrected chi connectivity index (χ3v) is 5.18. The minimum absolute atomic E-state index is 0.363.